The summed E-state index contributed by atoms with van der Waals surface area (Å²) in [6.07, 6.45) is 2.00. The first kappa shape index (κ1) is 22.2. The highest BCUT2D eigenvalue weighted by Crippen LogP contribution is 2.37. The number of rotatable bonds is 4. The van der Waals surface area contributed by atoms with Gasteiger partial charge in [0.05, 0.1) is 25.3 Å². The van der Waals surface area contributed by atoms with Gasteiger partial charge in [-0.15, -0.1) is 0 Å². The number of nitrogens with zero attached hydrogens (tertiary/aromatic N) is 1. The van der Waals surface area contributed by atoms with Crippen LogP contribution in [0.2, 0.25) is 10.0 Å². The summed E-state index contributed by atoms with van der Waals surface area (Å²) < 4.78 is 4.80. The van der Waals surface area contributed by atoms with Crippen LogP contribution in [0.1, 0.15) is 34.5 Å². The highest BCUT2D eigenvalue weighted by Gasteiger charge is 2.29. The number of amides is 1. The van der Waals surface area contributed by atoms with Crippen LogP contribution in [-0.2, 0) is 16.0 Å². The lowest BCUT2D eigenvalue weighted by Crippen LogP contribution is -2.41. The molecule has 2 N–H and O–H groups in total. The Labute approximate surface area is 194 Å². The highest BCUT2D eigenvalue weighted by atomic mass is 35.5. The first-order chi connectivity index (χ1) is 15.3. The van der Waals surface area contributed by atoms with Gasteiger partial charge in [-0.3, -0.25) is 9.59 Å². The number of hydrogen-bond acceptors (Lipinski definition) is 5. The zero-order valence-electron chi connectivity index (χ0n) is 17.5. The molecule has 1 amide bonds. The minimum Gasteiger partial charge on any atom is -0.465 e. The van der Waals surface area contributed by atoms with Crippen molar-refractivity contribution in [1.29, 1.82) is 0 Å². The van der Waals surface area contributed by atoms with Crippen molar-refractivity contribution >= 4 is 51.5 Å². The maximum Gasteiger partial charge on any atom is 0.339 e. The van der Waals surface area contributed by atoms with Gasteiger partial charge >= 0.3 is 5.97 Å². The first-order valence-electron chi connectivity index (χ1n) is 10.0. The maximum absolute atomic E-state index is 13.0. The van der Waals surface area contributed by atoms with Gasteiger partial charge in [-0.05, 0) is 54.8 Å². The Hall–Kier alpha value is -3.03. The van der Waals surface area contributed by atoms with Gasteiger partial charge in [0.1, 0.15) is 0 Å². The number of benzene rings is 2. The van der Waals surface area contributed by atoms with Crippen LogP contribution < -0.4 is 10.9 Å². The molecule has 0 bridgehead atoms. The molecular weight excluding hydrogens is 453 g/mol. The molecule has 1 unspecified atom stereocenters. The van der Waals surface area contributed by atoms with Crippen LogP contribution in [0.3, 0.4) is 0 Å². The Morgan fingerprint density at radius 2 is 2.00 bits per heavy atom. The molecular formula is C23H21Cl2N3O4. The topological polar surface area (TPSA) is 91.5 Å². The summed E-state index contributed by atoms with van der Waals surface area (Å²) in [6.45, 7) is 2.55. The van der Waals surface area contributed by atoms with E-state index in [4.69, 9.17) is 27.9 Å². The molecule has 0 saturated heterocycles. The molecule has 0 aliphatic carbocycles. The molecule has 0 fully saturated rings. The van der Waals surface area contributed by atoms with E-state index in [0.29, 0.717) is 39.5 Å². The van der Waals surface area contributed by atoms with Crippen molar-refractivity contribution < 1.29 is 14.3 Å². The van der Waals surface area contributed by atoms with Gasteiger partial charge in [0.2, 0.25) is 5.91 Å². The smallest absolute Gasteiger partial charge is 0.339 e. The van der Waals surface area contributed by atoms with Crippen LogP contribution in [0.15, 0.2) is 41.3 Å². The fraction of sp³-hybridized carbons (Fsp3) is 0.261. The Morgan fingerprint density at radius 1 is 1.22 bits per heavy atom. The van der Waals surface area contributed by atoms with Crippen molar-refractivity contribution in [3.05, 3.63) is 73.6 Å². The van der Waals surface area contributed by atoms with Crippen molar-refractivity contribution in [3.8, 4) is 0 Å². The molecule has 0 saturated carbocycles. The molecule has 32 heavy (non-hydrogen) atoms. The van der Waals surface area contributed by atoms with Crippen LogP contribution in [0.5, 0.6) is 0 Å². The van der Waals surface area contributed by atoms with E-state index in [9.17, 15) is 14.4 Å². The number of esters is 1. The molecule has 7 nitrogen and oxygen atoms in total. The van der Waals surface area contributed by atoms with Gasteiger partial charge in [-0.2, -0.15) is 0 Å². The van der Waals surface area contributed by atoms with Gasteiger partial charge in [0.25, 0.3) is 5.56 Å². The van der Waals surface area contributed by atoms with E-state index in [-0.39, 0.29) is 29.6 Å². The summed E-state index contributed by atoms with van der Waals surface area (Å²) >= 11 is 12.5. The largest absolute Gasteiger partial charge is 0.465 e. The average Bonchev–Trinajstić information content (AvgIpc) is 2.77. The van der Waals surface area contributed by atoms with E-state index in [1.807, 2.05) is 13.0 Å². The number of nitrogens with one attached hydrogen (secondary N) is 2. The normalized spacial score (nSPS) is 15.4. The number of carbonyl (C=O) groups is 2. The number of hydrogen-bond donors (Lipinski definition) is 2. The van der Waals surface area contributed by atoms with E-state index in [1.165, 1.54) is 13.3 Å². The maximum atomic E-state index is 13.0. The summed E-state index contributed by atoms with van der Waals surface area (Å²) in [5.41, 5.74) is 2.52. The van der Waals surface area contributed by atoms with Gasteiger partial charge in [-0.25, -0.2) is 4.79 Å². The van der Waals surface area contributed by atoms with Crippen LogP contribution in [0, 0.1) is 0 Å². The Balaban J connectivity index is 1.54. The highest BCUT2D eigenvalue weighted by molar-refractivity contribution is 6.35. The van der Waals surface area contributed by atoms with E-state index < -0.39 is 5.97 Å². The number of pyridine rings is 1. The number of halogens is 2. The van der Waals surface area contributed by atoms with Crippen molar-refractivity contribution in [1.82, 2.24) is 9.88 Å². The fourth-order valence-electron chi connectivity index (χ4n) is 4.17. The lowest BCUT2D eigenvalue weighted by molar-refractivity contribution is -0.131. The number of methoxy groups -OCH3 is 1. The number of aromatic nitrogens is 1. The lowest BCUT2D eigenvalue weighted by atomic mass is 9.93. The predicted molar refractivity (Wildman–Crippen MR) is 125 cm³/mol. The SMILES string of the molecule is COC(=O)c1c[nH]c(=O)c2ccc(NCC(=O)N3CCc4cc(Cl)cc(Cl)c4C3C)cc12. The summed E-state index contributed by atoms with van der Waals surface area (Å²) in [4.78, 5) is 41.5. The molecule has 1 aromatic heterocycles. The summed E-state index contributed by atoms with van der Waals surface area (Å²) in [5.74, 6) is -0.648. The molecule has 0 radical (unpaired) electrons. The van der Waals surface area contributed by atoms with Gasteiger partial charge in [0, 0.05) is 39.2 Å². The predicted octanol–water partition coefficient (Wildman–Crippen LogP) is 4.18. The molecule has 2 heterocycles. The monoisotopic (exact) mass is 473 g/mol. The number of carbonyl (C=O) groups excluding carboxylic acids is 2. The van der Waals surface area contributed by atoms with E-state index >= 15 is 0 Å². The Bertz CT molecular complexity index is 1290. The number of fused-ring (bicyclic) bond motifs is 2. The summed E-state index contributed by atoms with van der Waals surface area (Å²) in [6, 6.07) is 8.38. The van der Waals surface area contributed by atoms with Crippen molar-refractivity contribution in [2.45, 2.75) is 19.4 Å². The van der Waals surface area contributed by atoms with E-state index in [2.05, 4.69) is 10.3 Å². The second-order valence-corrected chi connectivity index (χ2v) is 8.45. The molecule has 0 spiro atoms. The van der Waals surface area contributed by atoms with Crippen molar-refractivity contribution in [2.24, 2.45) is 0 Å². The van der Waals surface area contributed by atoms with Crippen LogP contribution >= 0.6 is 23.2 Å². The molecule has 3 aromatic rings. The van der Waals surface area contributed by atoms with Crippen LogP contribution in [0.25, 0.3) is 10.8 Å². The number of ether oxygens (including phenoxy) is 1. The molecule has 1 aliphatic heterocycles. The second-order valence-electron chi connectivity index (χ2n) is 7.61. The Kier molecular flexibility index (Phi) is 6.13. The van der Waals surface area contributed by atoms with E-state index in [0.717, 1.165) is 11.1 Å². The second kappa shape index (κ2) is 8.84. The molecule has 166 valence electrons. The molecule has 1 aliphatic rings. The first-order valence-corrected chi connectivity index (χ1v) is 10.8. The van der Waals surface area contributed by atoms with E-state index in [1.54, 1.807) is 29.2 Å². The van der Waals surface area contributed by atoms with Crippen molar-refractivity contribution in [2.75, 3.05) is 25.5 Å². The third-order valence-electron chi connectivity index (χ3n) is 5.76. The van der Waals surface area contributed by atoms with Gasteiger partial charge in [-0.1, -0.05) is 23.2 Å². The molecule has 4 rings (SSSR count). The zero-order valence-corrected chi connectivity index (χ0v) is 19.0. The number of anilines is 1. The van der Waals surface area contributed by atoms with Crippen molar-refractivity contribution in [3.63, 3.8) is 0 Å². The minimum absolute atomic E-state index is 0.0487. The average molecular weight is 474 g/mol. The van der Waals surface area contributed by atoms with Crippen LogP contribution in [0.4, 0.5) is 5.69 Å². The van der Waals surface area contributed by atoms with Crippen LogP contribution in [-0.4, -0.2) is 42.0 Å². The Morgan fingerprint density at radius 3 is 2.75 bits per heavy atom. The molecule has 2 aromatic carbocycles. The quantitative estimate of drug-likeness (QED) is 0.554. The molecule has 9 heteroatoms. The van der Waals surface area contributed by atoms with Gasteiger partial charge < -0.3 is 19.9 Å². The number of aromatic amines is 1. The zero-order chi connectivity index (χ0) is 23.0. The fourth-order valence-corrected chi connectivity index (χ4v) is 4.86. The molecule has 1 atom stereocenters. The minimum atomic E-state index is -0.558. The third kappa shape index (κ3) is 4.06. The standard InChI is InChI=1S/C23H21Cl2N3O4/c1-12-21-13(7-14(24)8-19(21)25)5-6-28(12)20(29)11-26-15-3-4-16-17(9-15)18(23(31)32-2)10-27-22(16)30/h3-4,7-10,12,26H,5-6,11H2,1-2H3,(H,27,30). The summed E-state index contributed by atoms with van der Waals surface area (Å²) in [5, 5.41) is 5.05. The van der Waals surface area contributed by atoms with Gasteiger partial charge in [0.15, 0.2) is 0 Å². The number of H-pyrrole nitrogens is 1. The summed E-state index contributed by atoms with van der Waals surface area (Å²) in [7, 11) is 1.28. The third-order valence-corrected chi connectivity index (χ3v) is 6.29. The lowest BCUT2D eigenvalue weighted by Gasteiger charge is -2.36.